The van der Waals surface area contributed by atoms with Crippen LogP contribution in [0.2, 0.25) is 0 Å². The third kappa shape index (κ3) is 5.90. The number of rotatable bonds is 9. The number of amidine groups is 1. The first-order chi connectivity index (χ1) is 15.4. The van der Waals surface area contributed by atoms with E-state index in [9.17, 15) is 9.59 Å². The fourth-order valence-electron chi connectivity index (χ4n) is 2.80. The summed E-state index contributed by atoms with van der Waals surface area (Å²) in [5.41, 5.74) is 1.42. The summed E-state index contributed by atoms with van der Waals surface area (Å²) < 4.78 is 16.4. The fourth-order valence-corrected chi connectivity index (χ4v) is 4.25. The van der Waals surface area contributed by atoms with Crippen molar-refractivity contribution >= 4 is 56.5 Å². The van der Waals surface area contributed by atoms with Gasteiger partial charge >= 0.3 is 5.97 Å². The van der Waals surface area contributed by atoms with Crippen LogP contribution in [0.3, 0.4) is 0 Å². The van der Waals surface area contributed by atoms with E-state index in [1.54, 1.807) is 30.2 Å². The number of methoxy groups -OCH3 is 2. The van der Waals surface area contributed by atoms with Gasteiger partial charge in [0, 0.05) is 11.6 Å². The second-order valence-corrected chi connectivity index (χ2v) is 8.36. The van der Waals surface area contributed by atoms with Crippen molar-refractivity contribution in [3.63, 3.8) is 0 Å². The first-order valence-electron chi connectivity index (χ1n) is 9.49. The smallest absolute Gasteiger partial charge is 0.341 e. The first-order valence-corrected chi connectivity index (χ1v) is 11.1. The van der Waals surface area contributed by atoms with Gasteiger partial charge in [-0.25, -0.2) is 9.79 Å². The molecule has 0 saturated carbocycles. The van der Waals surface area contributed by atoms with Crippen LogP contribution in [0.25, 0.3) is 6.08 Å². The number of aliphatic carboxylic acids is 1. The van der Waals surface area contributed by atoms with Gasteiger partial charge in [-0.1, -0.05) is 34.1 Å². The number of carboxylic acids is 1. The number of benzene rings is 2. The predicted octanol–water partition coefficient (Wildman–Crippen LogP) is 4.17. The number of carboxylic acid groups (broad SMARTS) is 1. The van der Waals surface area contributed by atoms with Crippen molar-refractivity contribution in [2.24, 2.45) is 4.99 Å². The Hall–Kier alpha value is -2.82. The highest BCUT2D eigenvalue weighted by Crippen LogP contribution is 2.38. The second-order valence-electron chi connectivity index (χ2n) is 6.50. The molecule has 0 spiro atoms. The van der Waals surface area contributed by atoms with Crippen molar-refractivity contribution in [3.05, 3.63) is 57.4 Å². The minimum atomic E-state index is -1.09. The van der Waals surface area contributed by atoms with E-state index in [-0.39, 0.29) is 11.7 Å². The van der Waals surface area contributed by atoms with Crippen LogP contribution >= 0.6 is 27.7 Å². The van der Waals surface area contributed by atoms with Crippen molar-refractivity contribution < 1.29 is 28.9 Å². The lowest BCUT2D eigenvalue weighted by molar-refractivity contribution is -0.139. The third-order valence-corrected chi connectivity index (χ3v) is 6.00. The highest BCUT2D eigenvalue weighted by molar-refractivity contribution is 9.10. The monoisotopic (exact) mass is 520 g/mol. The van der Waals surface area contributed by atoms with E-state index in [4.69, 9.17) is 19.3 Å². The molecule has 0 unspecified atom stereocenters. The van der Waals surface area contributed by atoms with Crippen molar-refractivity contribution in [3.8, 4) is 11.5 Å². The number of halogens is 1. The summed E-state index contributed by atoms with van der Waals surface area (Å²) in [5, 5.41) is 9.41. The van der Waals surface area contributed by atoms with Gasteiger partial charge in [-0.15, -0.1) is 0 Å². The van der Waals surface area contributed by atoms with Crippen molar-refractivity contribution in [1.29, 1.82) is 0 Å². The molecule has 0 atom stereocenters. The molecule has 1 fully saturated rings. The molecule has 3 rings (SSSR count). The number of aliphatic imine (C=N–C) groups is 1. The predicted molar refractivity (Wildman–Crippen MR) is 127 cm³/mol. The maximum absolute atomic E-state index is 13.1. The van der Waals surface area contributed by atoms with Crippen LogP contribution in [-0.2, 0) is 14.3 Å². The largest absolute Gasteiger partial charge is 0.493 e. The number of thioether (sulfide) groups is 1. The number of hydrogen-bond acceptors (Lipinski definition) is 7. The molecule has 32 heavy (non-hydrogen) atoms. The van der Waals surface area contributed by atoms with Gasteiger partial charge in [-0.05, 0) is 47.7 Å². The van der Waals surface area contributed by atoms with E-state index in [0.717, 1.165) is 5.69 Å². The van der Waals surface area contributed by atoms with E-state index >= 15 is 0 Å². The Morgan fingerprint density at radius 1 is 1.22 bits per heavy atom. The number of carbonyl (C=O) groups is 2. The van der Waals surface area contributed by atoms with E-state index in [1.807, 2.05) is 30.3 Å². The average Bonchev–Trinajstić information content (AvgIpc) is 3.06. The quantitative estimate of drug-likeness (QED) is 0.495. The summed E-state index contributed by atoms with van der Waals surface area (Å²) in [6.45, 7) is 0.254. The Balaban J connectivity index is 1.94. The number of para-hydroxylation sites is 1. The molecule has 0 aromatic heterocycles. The first kappa shape index (κ1) is 23.8. The maximum Gasteiger partial charge on any atom is 0.341 e. The van der Waals surface area contributed by atoms with Gasteiger partial charge in [0.25, 0.3) is 5.91 Å². The SMILES string of the molecule is COCCN1C(=O)/C(=C/c2cc(OC)c(OCC(=O)O)cc2Br)SC1=Nc1ccccc1. The van der Waals surface area contributed by atoms with Gasteiger partial charge in [0.15, 0.2) is 23.3 Å². The topological polar surface area (TPSA) is 97.7 Å². The molecule has 0 aliphatic carbocycles. The van der Waals surface area contributed by atoms with Gasteiger partial charge in [0.1, 0.15) is 0 Å². The molecule has 1 aliphatic heterocycles. The van der Waals surface area contributed by atoms with Crippen molar-refractivity contribution in [2.75, 3.05) is 34.0 Å². The highest BCUT2D eigenvalue weighted by Gasteiger charge is 2.33. The number of nitrogens with zero attached hydrogens (tertiary/aromatic N) is 2. The summed E-state index contributed by atoms with van der Waals surface area (Å²) in [4.78, 5) is 30.6. The Kier molecular flexibility index (Phi) is 8.32. The number of amides is 1. The average molecular weight is 521 g/mol. The van der Waals surface area contributed by atoms with Crippen LogP contribution in [0.5, 0.6) is 11.5 Å². The van der Waals surface area contributed by atoms with E-state index < -0.39 is 12.6 Å². The highest BCUT2D eigenvalue weighted by atomic mass is 79.9. The molecule has 0 bridgehead atoms. The van der Waals surface area contributed by atoms with Gasteiger partial charge in [-0.2, -0.15) is 0 Å². The molecular formula is C22H21BrN2O6S. The Morgan fingerprint density at radius 2 is 1.97 bits per heavy atom. The molecule has 2 aromatic carbocycles. The molecule has 1 amide bonds. The lowest BCUT2D eigenvalue weighted by Gasteiger charge is -2.14. The molecule has 1 heterocycles. The van der Waals surface area contributed by atoms with Crippen molar-refractivity contribution in [1.82, 2.24) is 4.90 Å². The van der Waals surface area contributed by atoms with E-state index in [1.165, 1.54) is 18.9 Å². The minimum Gasteiger partial charge on any atom is -0.493 e. The zero-order valence-corrected chi connectivity index (χ0v) is 19.8. The lowest BCUT2D eigenvalue weighted by atomic mass is 10.2. The van der Waals surface area contributed by atoms with Gasteiger partial charge < -0.3 is 19.3 Å². The number of hydrogen-bond donors (Lipinski definition) is 1. The summed E-state index contributed by atoms with van der Waals surface area (Å²) in [7, 11) is 3.04. The van der Waals surface area contributed by atoms with Crippen LogP contribution in [0.1, 0.15) is 5.56 Å². The summed E-state index contributed by atoms with van der Waals surface area (Å²) in [6, 6.07) is 12.7. The standard InChI is InChI=1S/C22H21BrN2O6S/c1-29-9-8-25-21(28)19(32-22(25)24-15-6-4-3-5-7-15)11-14-10-17(30-2)18(12-16(14)23)31-13-20(26)27/h3-7,10-12H,8-9,13H2,1-2H3,(H,26,27)/b19-11-,24-22?. The normalized spacial score (nSPS) is 16.1. The van der Waals surface area contributed by atoms with E-state index in [0.29, 0.717) is 39.0 Å². The fraction of sp³-hybridized carbons (Fsp3) is 0.227. The van der Waals surface area contributed by atoms with Crippen LogP contribution in [0, 0.1) is 0 Å². The molecular weight excluding hydrogens is 500 g/mol. The summed E-state index contributed by atoms with van der Waals surface area (Å²) in [5.74, 6) is -0.643. The van der Waals surface area contributed by atoms with Gasteiger partial charge in [0.05, 0.1) is 30.9 Å². The maximum atomic E-state index is 13.1. The molecule has 2 aromatic rings. The Labute approximate surface area is 198 Å². The zero-order chi connectivity index (χ0) is 23.1. The lowest BCUT2D eigenvalue weighted by Crippen LogP contribution is -2.32. The van der Waals surface area contributed by atoms with Crippen LogP contribution in [-0.4, -0.2) is 61.0 Å². The van der Waals surface area contributed by atoms with Gasteiger partial charge in [-0.3, -0.25) is 9.69 Å². The van der Waals surface area contributed by atoms with Crippen molar-refractivity contribution in [2.45, 2.75) is 0 Å². The molecule has 1 aliphatic rings. The minimum absolute atomic E-state index is 0.182. The molecule has 10 heteroatoms. The zero-order valence-electron chi connectivity index (χ0n) is 17.4. The third-order valence-electron chi connectivity index (χ3n) is 4.31. The van der Waals surface area contributed by atoms with Crippen LogP contribution < -0.4 is 9.47 Å². The molecule has 0 radical (unpaired) electrons. The van der Waals surface area contributed by atoms with Gasteiger partial charge in [0.2, 0.25) is 0 Å². The van der Waals surface area contributed by atoms with E-state index in [2.05, 4.69) is 20.9 Å². The summed E-state index contributed by atoms with van der Waals surface area (Å²) in [6.07, 6.45) is 1.73. The molecule has 168 valence electrons. The second kappa shape index (κ2) is 11.2. The molecule has 1 N–H and O–H groups in total. The molecule has 8 nitrogen and oxygen atoms in total. The Morgan fingerprint density at radius 3 is 2.62 bits per heavy atom. The van der Waals surface area contributed by atoms with Crippen LogP contribution in [0.15, 0.2) is 56.8 Å². The number of carbonyl (C=O) groups excluding carboxylic acids is 1. The Bertz CT molecular complexity index is 1060. The number of ether oxygens (including phenoxy) is 3. The summed E-state index contributed by atoms with van der Waals surface area (Å²) >= 11 is 4.73. The molecule has 1 saturated heterocycles. The van der Waals surface area contributed by atoms with Crippen LogP contribution in [0.4, 0.5) is 5.69 Å².